The van der Waals surface area contributed by atoms with Gasteiger partial charge in [0.2, 0.25) is 0 Å². The van der Waals surface area contributed by atoms with Crippen LogP contribution in [-0.2, 0) is 9.53 Å². The molecular weight excluding hydrogens is 302 g/mol. The molecule has 0 radical (unpaired) electrons. The molecule has 0 saturated carbocycles. The number of hydrogen-bond donors (Lipinski definition) is 0. The Morgan fingerprint density at radius 1 is 1.18 bits per heavy atom. The molecule has 5 heteroatoms. The molecule has 1 rings (SSSR count). The lowest BCUT2D eigenvalue weighted by Crippen LogP contribution is -2.34. The Kier molecular flexibility index (Phi) is 8.60. The monoisotopic (exact) mass is 325 g/mol. The maximum absolute atomic E-state index is 12.6. The number of benzene rings is 1. The fourth-order valence-corrected chi connectivity index (χ4v) is 2.37. The summed E-state index contributed by atoms with van der Waals surface area (Å²) >= 11 is 5.94. The van der Waals surface area contributed by atoms with E-state index in [0.29, 0.717) is 23.7 Å². The lowest BCUT2D eigenvalue weighted by molar-refractivity contribution is -0.140. The Bertz CT molecular complexity index is 491. The van der Waals surface area contributed by atoms with Crippen molar-refractivity contribution < 1.29 is 14.3 Å². The molecule has 0 unspecified atom stereocenters. The number of rotatable bonds is 9. The van der Waals surface area contributed by atoms with Gasteiger partial charge in [-0.2, -0.15) is 0 Å². The summed E-state index contributed by atoms with van der Waals surface area (Å²) in [6.45, 7) is 3.15. The van der Waals surface area contributed by atoms with Crippen molar-refractivity contribution >= 4 is 23.5 Å². The minimum absolute atomic E-state index is 0.0945. The molecule has 4 nitrogen and oxygen atoms in total. The van der Waals surface area contributed by atoms with E-state index in [1.807, 2.05) is 0 Å². The number of carbonyl (C=O) groups excluding carboxylic acids is 2. The van der Waals surface area contributed by atoms with Crippen molar-refractivity contribution in [3.63, 3.8) is 0 Å². The molecule has 22 heavy (non-hydrogen) atoms. The molecule has 122 valence electrons. The molecule has 0 aliphatic rings. The minimum Gasteiger partial charge on any atom is -0.469 e. The zero-order chi connectivity index (χ0) is 16.4. The summed E-state index contributed by atoms with van der Waals surface area (Å²) in [4.78, 5) is 25.6. The van der Waals surface area contributed by atoms with Gasteiger partial charge in [-0.1, -0.05) is 43.9 Å². The van der Waals surface area contributed by atoms with Crippen LogP contribution in [-0.4, -0.2) is 37.0 Å². The van der Waals surface area contributed by atoms with E-state index in [9.17, 15) is 9.59 Å². The van der Waals surface area contributed by atoms with Gasteiger partial charge in [0.25, 0.3) is 5.91 Å². The molecule has 1 aromatic rings. The molecule has 1 aromatic carbocycles. The average molecular weight is 326 g/mol. The molecule has 0 heterocycles. The van der Waals surface area contributed by atoms with Gasteiger partial charge in [-0.05, 0) is 24.6 Å². The highest BCUT2D eigenvalue weighted by Gasteiger charge is 2.17. The SMILES string of the molecule is CCCCCCN(CCC(=O)OC)C(=O)c1cccc(Cl)c1. The smallest absolute Gasteiger partial charge is 0.307 e. The summed E-state index contributed by atoms with van der Waals surface area (Å²) in [5.74, 6) is -0.402. The van der Waals surface area contributed by atoms with Crippen LogP contribution in [0.4, 0.5) is 0 Å². The summed E-state index contributed by atoms with van der Waals surface area (Å²) in [6.07, 6.45) is 4.51. The van der Waals surface area contributed by atoms with Gasteiger partial charge in [0, 0.05) is 23.7 Å². The third-order valence-corrected chi connectivity index (χ3v) is 3.69. The lowest BCUT2D eigenvalue weighted by Gasteiger charge is -2.22. The Balaban J connectivity index is 2.69. The Labute approximate surface area is 137 Å². The van der Waals surface area contributed by atoms with E-state index in [2.05, 4.69) is 11.7 Å². The first-order valence-electron chi connectivity index (χ1n) is 7.70. The van der Waals surface area contributed by atoms with E-state index >= 15 is 0 Å². The normalized spacial score (nSPS) is 10.3. The van der Waals surface area contributed by atoms with E-state index in [1.54, 1.807) is 29.2 Å². The number of methoxy groups -OCH3 is 1. The fourth-order valence-electron chi connectivity index (χ4n) is 2.18. The molecule has 0 saturated heterocycles. The van der Waals surface area contributed by atoms with E-state index in [1.165, 1.54) is 7.11 Å². The van der Waals surface area contributed by atoms with Gasteiger partial charge in [-0.3, -0.25) is 9.59 Å². The Hall–Kier alpha value is -1.55. The van der Waals surface area contributed by atoms with Gasteiger partial charge in [-0.15, -0.1) is 0 Å². The third kappa shape index (κ3) is 6.48. The molecule has 0 N–H and O–H groups in total. The number of carbonyl (C=O) groups is 2. The molecule has 0 bridgehead atoms. The van der Waals surface area contributed by atoms with Crippen LogP contribution in [0.25, 0.3) is 0 Å². The zero-order valence-corrected chi connectivity index (χ0v) is 14.1. The predicted octanol–water partition coefficient (Wildman–Crippen LogP) is 3.93. The highest BCUT2D eigenvalue weighted by molar-refractivity contribution is 6.30. The fraction of sp³-hybridized carbons (Fsp3) is 0.529. The van der Waals surface area contributed by atoms with Gasteiger partial charge >= 0.3 is 5.97 Å². The molecule has 0 atom stereocenters. The van der Waals surface area contributed by atoms with Crippen LogP contribution in [0.3, 0.4) is 0 Å². The zero-order valence-electron chi connectivity index (χ0n) is 13.3. The number of amides is 1. The van der Waals surface area contributed by atoms with Crippen LogP contribution in [0.2, 0.25) is 5.02 Å². The van der Waals surface area contributed by atoms with Crippen LogP contribution < -0.4 is 0 Å². The first-order chi connectivity index (χ1) is 10.6. The quantitative estimate of drug-likeness (QED) is 0.510. The molecule has 0 aliphatic carbocycles. The Morgan fingerprint density at radius 3 is 2.59 bits per heavy atom. The van der Waals surface area contributed by atoms with Crippen LogP contribution in [0.15, 0.2) is 24.3 Å². The highest BCUT2D eigenvalue weighted by atomic mass is 35.5. The molecule has 0 fully saturated rings. The number of unbranched alkanes of at least 4 members (excludes halogenated alkanes) is 3. The standard InChI is InChI=1S/C17H24ClNO3/c1-3-4-5-6-11-19(12-10-16(20)22-2)17(21)14-8-7-9-15(18)13-14/h7-9,13H,3-6,10-12H2,1-2H3. The van der Waals surface area contributed by atoms with Gasteiger partial charge in [0.05, 0.1) is 13.5 Å². The average Bonchev–Trinajstić information content (AvgIpc) is 2.53. The summed E-state index contributed by atoms with van der Waals surface area (Å²) in [7, 11) is 1.35. The first-order valence-corrected chi connectivity index (χ1v) is 8.08. The summed E-state index contributed by atoms with van der Waals surface area (Å²) < 4.78 is 4.65. The van der Waals surface area contributed by atoms with Gasteiger partial charge in [0.15, 0.2) is 0 Å². The second-order valence-corrected chi connectivity index (χ2v) is 5.63. The predicted molar refractivity (Wildman–Crippen MR) is 88.1 cm³/mol. The van der Waals surface area contributed by atoms with Crippen molar-refractivity contribution in [3.05, 3.63) is 34.9 Å². The maximum Gasteiger partial charge on any atom is 0.307 e. The van der Waals surface area contributed by atoms with Crippen molar-refractivity contribution in [1.29, 1.82) is 0 Å². The largest absolute Gasteiger partial charge is 0.469 e. The van der Waals surface area contributed by atoms with E-state index in [0.717, 1.165) is 25.7 Å². The van der Waals surface area contributed by atoms with Crippen molar-refractivity contribution in [2.75, 3.05) is 20.2 Å². The van der Waals surface area contributed by atoms with Crippen molar-refractivity contribution in [2.24, 2.45) is 0 Å². The summed E-state index contributed by atoms with van der Waals surface area (Å²) in [6, 6.07) is 6.88. The second-order valence-electron chi connectivity index (χ2n) is 5.19. The lowest BCUT2D eigenvalue weighted by atomic mass is 10.1. The second kappa shape index (κ2) is 10.2. The first kappa shape index (κ1) is 18.5. The topological polar surface area (TPSA) is 46.6 Å². The molecular formula is C17H24ClNO3. The minimum atomic E-state index is -0.308. The summed E-state index contributed by atoms with van der Waals surface area (Å²) in [5.41, 5.74) is 0.549. The number of hydrogen-bond acceptors (Lipinski definition) is 3. The van der Waals surface area contributed by atoms with Crippen LogP contribution in [0.5, 0.6) is 0 Å². The van der Waals surface area contributed by atoms with Crippen LogP contribution >= 0.6 is 11.6 Å². The van der Waals surface area contributed by atoms with Gasteiger partial charge in [-0.25, -0.2) is 0 Å². The van der Waals surface area contributed by atoms with Crippen molar-refractivity contribution in [1.82, 2.24) is 4.90 Å². The summed E-state index contributed by atoms with van der Waals surface area (Å²) in [5, 5.41) is 0.532. The van der Waals surface area contributed by atoms with Crippen molar-refractivity contribution in [3.8, 4) is 0 Å². The van der Waals surface area contributed by atoms with Gasteiger partial charge in [0.1, 0.15) is 0 Å². The number of halogens is 1. The van der Waals surface area contributed by atoms with Crippen LogP contribution in [0, 0.1) is 0 Å². The van der Waals surface area contributed by atoms with E-state index in [4.69, 9.17) is 11.6 Å². The van der Waals surface area contributed by atoms with Crippen molar-refractivity contribution in [2.45, 2.75) is 39.0 Å². The van der Waals surface area contributed by atoms with Gasteiger partial charge < -0.3 is 9.64 Å². The number of nitrogens with zero attached hydrogens (tertiary/aromatic N) is 1. The number of ether oxygens (including phenoxy) is 1. The van der Waals surface area contributed by atoms with E-state index in [-0.39, 0.29) is 18.3 Å². The number of esters is 1. The van der Waals surface area contributed by atoms with E-state index < -0.39 is 0 Å². The third-order valence-electron chi connectivity index (χ3n) is 3.45. The highest BCUT2D eigenvalue weighted by Crippen LogP contribution is 2.14. The molecule has 0 spiro atoms. The maximum atomic E-state index is 12.6. The molecule has 1 amide bonds. The molecule has 0 aliphatic heterocycles. The molecule has 0 aromatic heterocycles. The van der Waals surface area contributed by atoms with Crippen LogP contribution in [0.1, 0.15) is 49.4 Å². The Morgan fingerprint density at radius 2 is 1.95 bits per heavy atom.